The molecule has 29 heavy (non-hydrogen) atoms. The Hall–Kier alpha value is -2.20. The van der Waals surface area contributed by atoms with E-state index in [2.05, 4.69) is 0 Å². The van der Waals surface area contributed by atoms with Crippen LogP contribution in [-0.2, 0) is 10.0 Å². The molecule has 1 aromatic carbocycles. The number of benzene rings is 1. The lowest BCUT2D eigenvalue weighted by atomic mass is 9.66. The minimum Gasteiger partial charge on any atom is -0.339 e. The highest BCUT2D eigenvalue weighted by molar-refractivity contribution is 7.90. The number of amides is 1. The second-order valence-corrected chi connectivity index (χ2v) is 8.94. The molecule has 1 saturated heterocycles. The smallest absolute Gasteiger partial charge is 0.339 e. The summed E-state index contributed by atoms with van der Waals surface area (Å²) in [6, 6.07) is 4.89. The molecule has 1 aliphatic carbocycles. The number of nitrogens with zero attached hydrogens (tertiary/aromatic N) is 1. The van der Waals surface area contributed by atoms with Crippen molar-refractivity contribution in [2.45, 2.75) is 24.3 Å². The molecule has 158 valence electrons. The number of likely N-dealkylation sites (tertiary alicyclic amines) is 1. The van der Waals surface area contributed by atoms with Gasteiger partial charge in [0.25, 0.3) is 5.91 Å². The van der Waals surface area contributed by atoms with Crippen LogP contribution in [0.3, 0.4) is 0 Å². The summed E-state index contributed by atoms with van der Waals surface area (Å²) < 4.78 is 79.6. The van der Waals surface area contributed by atoms with E-state index in [0.29, 0.717) is 0 Å². The van der Waals surface area contributed by atoms with Gasteiger partial charge in [-0.15, -0.1) is 0 Å². The first-order valence-electron chi connectivity index (χ1n) is 8.96. The Balaban J connectivity index is 1.85. The molecular weight excluding hydrogens is 412 g/mol. The summed E-state index contributed by atoms with van der Waals surface area (Å²) >= 11 is 0. The number of rotatable bonds is 3. The summed E-state index contributed by atoms with van der Waals surface area (Å²) in [5.41, 5.74) is -2.42. The largest absolute Gasteiger partial charge is 0.399 e. The van der Waals surface area contributed by atoms with Crippen LogP contribution in [0.15, 0.2) is 48.6 Å². The van der Waals surface area contributed by atoms with Crippen LogP contribution < -0.4 is 5.14 Å². The van der Waals surface area contributed by atoms with Gasteiger partial charge in [-0.05, 0) is 43.0 Å². The zero-order valence-electron chi connectivity index (χ0n) is 15.3. The van der Waals surface area contributed by atoms with Crippen LogP contribution in [0.5, 0.6) is 0 Å². The molecule has 10 heteroatoms. The fourth-order valence-electron chi connectivity index (χ4n) is 4.21. The van der Waals surface area contributed by atoms with Crippen LogP contribution in [0.4, 0.5) is 17.6 Å². The van der Waals surface area contributed by atoms with E-state index in [4.69, 9.17) is 5.14 Å². The van der Waals surface area contributed by atoms with Gasteiger partial charge in [-0.25, -0.2) is 17.9 Å². The molecule has 1 aliphatic heterocycles. The second kappa shape index (κ2) is 7.56. The molecule has 1 heterocycles. The lowest BCUT2D eigenvalue weighted by molar-refractivity contribution is -0.225. The third-order valence-electron chi connectivity index (χ3n) is 5.63. The number of primary sulfonamides is 1. The van der Waals surface area contributed by atoms with Crippen LogP contribution >= 0.6 is 0 Å². The minimum atomic E-state index is -4.85. The average molecular weight is 432 g/mol. The van der Waals surface area contributed by atoms with Crippen molar-refractivity contribution in [3.8, 4) is 0 Å². The fraction of sp³-hybridized carbons (Fsp3) is 0.421. The summed E-state index contributed by atoms with van der Waals surface area (Å²) in [5.74, 6) is -1.98. The molecule has 0 spiro atoms. The van der Waals surface area contributed by atoms with Crippen molar-refractivity contribution >= 4 is 15.9 Å². The molecule has 2 unspecified atom stereocenters. The van der Waals surface area contributed by atoms with Crippen molar-refractivity contribution in [1.82, 2.24) is 4.90 Å². The monoisotopic (exact) mass is 432 g/mol. The van der Waals surface area contributed by atoms with E-state index >= 15 is 0 Å². The molecule has 2 aliphatic rings. The lowest BCUT2D eigenvalue weighted by Crippen LogP contribution is -2.58. The SMILES string of the molecule is NS(=O)(=O)C1C=CC=CC1(C1CCN(C(=O)c2ccc(F)cc2)CC1)C(F)(F)F. The van der Waals surface area contributed by atoms with Gasteiger partial charge in [-0.3, -0.25) is 4.79 Å². The van der Waals surface area contributed by atoms with Gasteiger partial charge < -0.3 is 4.90 Å². The van der Waals surface area contributed by atoms with E-state index in [1.54, 1.807) is 0 Å². The number of piperidine rings is 1. The van der Waals surface area contributed by atoms with Crippen LogP contribution in [-0.4, -0.2) is 43.7 Å². The Kier molecular flexibility index (Phi) is 5.61. The molecular formula is C19H20F4N2O3S. The van der Waals surface area contributed by atoms with E-state index in [-0.39, 0.29) is 31.5 Å². The predicted octanol–water partition coefficient (Wildman–Crippen LogP) is 3.01. The van der Waals surface area contributed by atoms with Gasteiger partial charge in [0.15, 0.2) is 0 Å². The van der Waals surface area contributed by atoms with Crippen LogP contribution in [0.2, 0.25) is 0 Å². The molecule has 0 saturated carbocycles. The van der Waals surface area contributed by atoms with Crippen LogP contribution in [0.25, 0.3) is 0 Å². The first-order chi connectivity index (χ1) is 13.5. The molecule has 2 atom stereocenters. The molecule has 0 aromatic heterocycles. The number of nitrogens with two attached hydrogens (primary N) is 1. The minimum absolute atomic E-state index is 0.0214. The first kappa shape index (κ1) is 21.5. The van der Waals surface area contributed by atoms with Gasteiger partial charge in [0, 0.05) is 18.7 Å². The maximum Gasteiger partial charge on any atom is 0.399 e. The van der Waals surface area contributed by atoms with Crippen LogP contribution in [0, 0.1) is 17.2 Å². The van der Waals surface area contributed by atoms with Gasteiger partial charge >= 0.3 is 6.18 Å². The number of hydrogen-bond acceptors (Lipinski definition) is 3. The summed E-state index contributed by atoms with van der Waals surface area (Å²) in [6.45, 7) is 0.0429. The maximum absolute atomic E-state index is 14.2. The molecule has 1 fully saturated rings. The molecule has 1 amide bonds. The summed E-state index contributed by atoms with van der Waals surface area (Å²) in [7, 11) is -4.52. The predicted molar refractivity (Wildman–Crippen MR) is 98.7 cm³/mol. The number of sulfonamides is 1. The maximum atomic E-state index is 14.2. The van der Waals surface area contributed by atoms with Gasteiger partial charge in [-0.1, -0.05) is 24.3 Å². The number of allylic oxidation sites excluding steroid dienone is 3. The molecule has 2 N–H and O–H groups in total. The molecule has 1 aromatic rings. The van der Waals surface area contributed by atoms with Crippen molar-refractivity contribution in [2.75, 3.05) is 13.1 Å². The van der Waals surface area contributed by atoms with E-state index < -0.39 is 44.5 Å². The van der Waals surface area contributed by atoms with Gasteiger partial charge in [0.1, 0.15) is 16.5 Å². The Morgan fingerprint density at radius 3 is 2.21 bits per heavy atom. The van der Waals surface area contributed by atoms with Crippen molar-refractivity contribution in [2.24, 2.45) is 16.5 Å². The second-order valence-electron chi connectivity index (χ2n) is 7.26. The zero-order valence-corrected chi connectivity index (χ0v) is 16.1. The van der Waals surface area contributed by atoms with Gasteiger partial charge in [0.05, 0.1) is 0 Å². The summed E-state index contributed by atoms with van der Waals surface area (Å²) in [5, 5.41) is 3.22. The van der Waals surface area contributed by atoms with Crippen molar-refractivity contribution < 1.29 is 30.8 Å². The quantitative estimate of drug-likeness (QED) is 0.746. The highest BCUT2D eigenvalue weighted by atomic mass is 32.2. The lowest BCUT2D eigenvalue weighted by Gasteiger charge is -2.47. The topological polar surface area (TPSA) is 80.5 Å². The highest BCUT2D eigenvalue weighted by Gasteiger charge is 2.64. The number of hydrogen-bond donors (Lipinski definition) is 1. The Bertz CT molecular complexity index is 933. The van der Waals surface area contributed by atoms with E-state index in [1.807, 2.05) is 0 Å². The third-order valence-corrected chi connectivity index (χ3v) is 6.89. The number of halogens is 4. The Morgan fingerprint density at radius 2 is 1.69 bits per heavy atom. The van der Waals surface area contributed by atoms with E-state index in [0.717, 1.165) is 24.3 Å². The van der Waals surface area contributed by atoms with Crippen molar-refractivity contribution in [1.29, 1.82) is 0 Å². The van der Waals surface area contributed by atoms with Crippen molar-refractivity contribution in [3.63, 3.8) is 0 Å². The molecule has 3 rings (SSSR count). The summed E-state index contributed by atoms with van der Waals surface area (Å²) in [6.07, 6.45) is -0.660. The highest BCUT2D eigenvalue weighted by Crippen LogP contribution is 2.54. The number of carbonyl (C=O) groups is 1. The number of alkyl halides is 3. The Morgan fingerprint density at radius 1 is 1.10 bits per heavy atom. The average Bonchev–Trinajstić information content (AvgIpc) is 2.66. The molecule has 5 nitrogen and oxygen atoms in total. The van der Waals surface area contributed by atoms with E-state index in [9.17, 15) is 30.8 Å². The molecule has 0 radical (unpaired) electrons. The Labute approximate surface area is 165 Å². The van der Waals surface area contributed by atoms with E-state index in [1.165, 1.54) is 29.2 Å². The van der Waals surface area contributed by atoms with Crippen molar-refractivity contribution in [3.05, 3.63) is 60.0 Å². The van der Waals surface area contributed by atoms with Crippen LogP contribution in [0.1, 0.15) is 23.2 Å². The first-order valence-corrected chi connectivity index (χ1v) is 10.6. The van der Waals surface area contributed by atoms with Gasteiger partial charge in [0.2, 0.25) is 10.0 Å². The zero-order chi connectivity index (χ0) is 21.4. The molecule has 0 bridgehead atoms. The normalized spacial score (nSPS) is 26.0. The number of carbonyl (C=O) groups excluding carboxylic acids is 1. The third kappa shape index (κ3) is 3.95. The fourth-order valence-corrected chi connectivity index (χ4v) is 5.46. The van der Waals surface area contributed by atoms with Gasteiger partial charge in [-0.2, -0.15) is 13.2 Å². The standard InChI is InChI=1S/C19H20F4N2O3S/c20-15-6-4-13(5-7-15)17(26)25-11-8-14(9-12-25)18(19(21,22)23)10-2-1-3-16(18)29(24,27)28/h1-7,10,14,16H,8-9,11-12H2,(H2,24,27,28). The summed E-state index contributed by atoms with van der Waals surface area (Å²) in [4.78, 5) is 13.9.